The van der Waals surface area contributed by atoms with Crippen LogP contribution in [0.25, 0.3) is 10.9 Å². The fraction of sp³-hybridized carbons (Fsp3) is 0.222. The largest absolute Gasteiger partial charge is 0.469 e. The molecule has 3 rings (SSSR count). The minimum Gasteiger partial charge on any atom is -0.469 e. The summed E-state index contributed by atoms with van der Waals surface area (Å²) in [5, 5.41) is 0. The van der Waals surface area contributed by atoms with E-state index in [0.29, 0.717) is 0 Å². The van der Waals surface area contributed by atoms with Gasteiger partial charge in [-0.05, 0) is 23.3 Å². The van der Waals surface area contributed by atoms with Crippen molar-refractivity contribution in [2.24, 2.45) is 0 Å². The molecule has 1 aromatic heterocycles. The molecule has 3 heterocycles. The molecule has 0 amide bonds. The first kappa shape index (κ1) is 17.5. The average molecular weight is 350 g/mol. The lowest BCUT2D eigenvalue weighted by atomic mass is 9.70. The topological polar surface area (TPSA) is 52.6 Å². The molecule has 0 atom stereocenters. The number of thiophene rings is 1. The molecule has 4 nitrogen and oxygen atoms in total. The van der Waals surface area contributed by atoms with Gasteiger partial charge in [0.2, 0.25) is 0 Å². The van der Waals surface area contributed by atoms with Crippen molar-refractivity contribution in [3.8, 4) is 0 Å². The molecule has 1 aromatic rings. The SMILES string of the molecule is COC(=O)CC1=C(c2ccc(C3=C(CC(=O)OC)C=C[B]3)s2)[B]C=C1. The maximum Gasteiger partial charge on any atom is 0.309 e. The van der Waals surface area contributed by atoms with Gasteiger partial charge in [0.25, 0.3) is 0 Å². The molecule has 0 aliphatic carbocycles. The molecule has 0 spiro atoms. The summed E-state index contributed by atoms with van der Waals surface area (Å²) in [4.78, 5) is 25.3. The van der Waals surface area contributed by atoms with Gasteiger partial charge < -0.3 is 9.47 Å². The molecule has 0 fully saturated rings. The lowest BCUT2D eigenvalue weighted by Gasteiger charge is -2.06. The van der Waals surface area contributed by atoms with Gasteiger partial charge in [-0.3, -0.25) is 9.59 Å². The molecule has 7 heteroatoms. The second kappa shape index (κ2) is 7.74. The molecule has 0 aromatic carbocycles. The Balaban J connectivity index is 1.85. The molecule has 2 aliphatic rings. The predicted molar refractivity (Wildman–Crippen MR) is 101 cm³/mol. The maximum atomic E-state index is 11.6. The third-order valence-corrected chi connectivity index (χ3v) is 5.23. The van der Waals surface area contributed by atoms with Crippen LogP contribution in [0.4, 0.5) is 0 Å². The van der Waals surface area contributed by atoms with Crippen LogP contribution in [-0.4, -0.2) is 40.7 Å². The normalized spacial score (nSPS) is 15.4. The Labute approximate surface area is 152 Å². The number of methoxy groups -OCH3 is 2. The van der Waals surface area contributed by atoms with E-state index < -0.39 is 0 Å². The number of carbonyl (C=O) groups is 2. The summed E-state index contributed by atoms with van der Waals surface area (Å²) in [5.41, 5.74) is 4.00. The van der Waals surface area contributed by atoms with Crippen LogP contribution in [0.5, 0.6) is 0 Å². The van der Waals surface area contributed by atoms with Gasteiger partial charge in [-0.1, -0.05) is 23.1 Å². The molecule has 2 radical (unpaired) electrons. The second-order valence-corrected chi connectivity index (χ2v) is 6.68. The number of ether oxygens (including phenoxy) is 2. The van der Waals surface area contributed by atoms with Gasteiger partial charge in [-0.25, -0.2) is 0 Å². The summed E-state index contributed by atoms with van der Waals surface area (Å²) in [7, 11) is 6.81. The van der Waals surface area contributed by atoms with Gasteiger partial charge in [0.1, 0.15) is 0 Å². The molecular weight excluding hydrogens is 334 g/mol. The summed E-state index contributed by atoms with van der Waals surface area (Å²) in [6, 6.07) is 4.09. The molecule has 0 bridgehead atoms. The molecule has 25 heavy (non-hydrogen) atoms. The third kappa shape index (κ3) is 3.87. The van der Waals surface area contributed by atoms with Gasteiger partial charge in [-0.15, -0.1) is 23.3 Å². The Kier molecular flexibility index (Phi) is 5.43. The minimum absolute atomic E-state index is 0.249. The standard InChI is InChI=1S/C18H16B2O4S/c1-23-15(21)9-11-5-7-19-17(11)13-3-4-14(25-13)18-12(6-8-20-18)10-16(22)24-2/h3-8H,9-10H2,1-2H3. The van der Waals surface area contributed by atoms with Gasteiger partial charge in [-0.2, -0.15) is 0 Å². The van der Waals surface area contributed by atoms with E-state index in [1.807, 2.05) is 50.8 Å². The van der Waals surface area contributed by atoms with Crippen LogP contribution < -0.4 is 0 Å². The van der Waals surface area contributed by atoms with Gasteiger partial charge in [0.05, 0.1) is 27.1 Å². The Morgan fingerprint density at radius 1 is 0.880 bits per heavy atom. The summed E-state index contributed by atoms with van der Waals surface area (Å²) in [6.07, 6.45) is 4.40. The van der Waals surface area contributed by atoms with Crippen molar-refractivity contribution in [2.45, 2.75) is 12.8 Å². The maximum absolute atomic E-state index is 11.6. The van der Waals surface area contributed by atoms with Crippen molar-refractivity contribution in [1.29, 1.82) is 0 Å². The van der Waals surface area contributed by atoms with Crippen LogP contribution in [0.15, 0.2) is 47.4 Å². The highest BCUT2D eigenvalue weighted by Gasteiger charge is 2.20. The van der Waals surface area contributed by atoms with Gasteiger partial charge in [0, 0.05) is 9.75 Å². The zero-order valence-electron chi connectivity index (χ0n) is 14.1. The summed E-state index contributed by atoms with van der Waals surface area (Å²) >= 11 is 1.64. The fourth-order valence-electron chi connectivity index (χ4n) is 2.79. The molecular formula is C18H16B2O4S. The van der Waals surface area contributed by atoms with E-state index in [4.69, 9.17) is 9.47 Å². The van der Waals surface area contributed by atoms with Crippen LogP contribution >= 0.6 is 11.3 Å². The van der Waals surface area contributed by atoms with Crippen molar-refractivity contribution < 1.29 is 19.1 Å². The van der Waals surface area contributed by atoms with Crippen molar-refractivity contribution in [3.05, 3.63) is 57.1 Å². The Hall–Kier alpha value is -2.27. The number of esters is 2. The van der Waals surface area contributed by atoms with Crippen LogP contribution in [0.1, 0.15) is 22.6 Å². The second-order valence-electron chi connectivity index (χ2n) is 5.60. The van der Waals surface area contributed by atoms with E-state index in [-0.39, 0.29) is 24.8 Å². The van der Waals surface area contributed by atoms with E-state index in [0.717, 1.165) is 31.8 Å². The highest BCUT2D eigenvalue weighted by atomic mass is 32.1. The Morgan fingerprint density at radius 2 is 1.32 bits per heavy atom. The predicted octanol–water partition coefficient (Wildman–Crippen LogP) is 2.76. The van der Waals surface area contributed by atoms with Gasteiger partial charge >= 0.3 is 11.9 Å². The van der Waals surface area contributed by atoms with E-state index >= 15 is 0 Å². The van der Waals surface area contributed by atoms with Crippen LogP contribution in [0, 0.1) is 0 Å². The summed E-state index contributed by atoms with van der Waals surface area (Å²) in [6.45, 7) is 0. The zero-order valence-corrected chi connectivity index (χ0v) is 14.9. The summed E-state index contributed by atoms with van der Waals surface area (Å²) in [5.74, 6) is 3.39. The molecule has 124 valence electrons. The van der Waals surface area contributed by atoms with E-state index in [9.17, 15) is 9.59 Å². The van der Waals surface area contributed by atoms with Crippen molar-refractivity contribution in [1.82, 2.24) is 0 Å². The average Bonchev–Trinajstić information content (AvgIpc) is 3.33. The minimum atomic E-state index is -0.249. The fourth-order valence-corrected chi connectivity index (χ4v) is 3.91. The third-order valence-electron chi connectivity index (χ3n) is 4.07. The number of carbonyl (C=O) groups excluding carboxylic acids is 2. The van der Waals surface area contributed by atoms with Crippen molar-refractivity contribution in [2.75, 3.05) is 14.2 Å². The lowest BCUT2D eigenvalue weighted by Crippen LogP contribution is -2.02. The Bertz CT molecular complexity index is 763. The highest BCUT2D eigenvalue weighted by molar-refractivity contribution is 7.16. The quantitative estimate of drug-likeness (QED) is 0.585. The first-order valence-corrected chi connectivity index (χ1v) is 8.67. The Morgan fingerprint density at radius 3 is 1.72 bits per heavy atom. The lowest BCUT2D eigenvalue weighted by molar-refractivity contribution is -0.140. The first-order valence-electron chi connectivity index (χ1n) is 7.85. The van der Waals surface area contributed by atoms with E-state index in [1.165, 1.54) is 14.2 Å². The zero-order chi connectivity index (χ0) is 17.8. The van der Waals surface area contributed by atoms with E-state index in [2.05, 4.69) is 0 Å². The highest BCUT2D eigenvalue weighted by Crippen LogP contribution is 2.36. The number of hydrogen-bond donors (Lipinski definition) is 0. The number of rotatable bonds is 6. The molecule has 0 N–H and O–H groups in total. The first-order chi connectivity index (χ1) is 12.1. The van der Waals surface area contributed by atoms with Crippen LogP contribution in [-0.2, 0) is 19.1 Å². The van der Waals surface area contributed by atoms with Crippen molar-refractivity contribution >= 4 is 48.8 Å². The molecule has 0 saturated heterocycles. The number of hydrogen-bond acceptors (Lipinski definition) is 5. The van der Waals surface area contributed by atoms with E-state index in [1.54, 1.807) is 11.3 Å². The monoisotopic (exact) mass is 350 g/mol. The van der Waals surface area contributed by atoms with Crippen molar-refractivity contribution in [3.63, 3.8) is 0 Å². The number of allylic oxidation sites excluding steroid dienone is 2. The van der Waals surface area contributed by atoms with Crippen LogP contribution in [0.2, 0.25) is 0 Å². The molecule has 2 aliphatic heterocycles. The molecule has 0 unspecified atom stereocenters. The smallest absolute Gasteiger partial charge is 0.309 e. The molecule has 0 saturated carbocycles. The van der Waals surface area contributed by atoms with Crippen LogP contribution in [0.3, 0.4) is 0 Å². The van der Waals surface area contributed by atoms with Gasteiger partial charge in [0.15, 0.2) is 14.6 Å². The summed E-state index contributed by atoms with van der Waals surface area (Å²) < 4.78 is 9.53.